The van der Waals surface area contributed by atoms with E-state index in [0.29, 0.717) is 31.0 Å². The van der Waals surface area contributed by atoms with Crippen LogP contribution >= 0.6 is 0 Å². The molecule has 6 heteroatoms. The minimum atomic E-state index is -0.115. The highest BCUT2D eigenvalue weighted by Gasteiger charge is 2.10. The zero-order valence-electron chi connectivity index (χ0n) is 26.2. The summed E-state index contributed by atoms with van der Waals surface area (Å²) in [6.45, 7) is 10.1. The fourth-order valence-electron chi connectivity index (χ4n) is 4.03. The summed E-state index contributed by atoms with van der Waals surface area (Å²) in [5.74, 6) is 0.460. The van der Waals surface area contributed by atoms with Gasteiger partial charge in [0.2, 0.25) is 5.91 Å². The van der Waals surface area contributed by atoms with Crippen molar-refractivity contribution in [1.29, 1.82) is 0 Å². The zero-order chi connectivity index (χ0) is 30.5. The lowest BCUT2D eigenvalue weighted by atomic mass is 10.2. The zero-order valence-corrected chi connectivity index (χ0v) is 26.2. The van der Waals surface area contributed by atoms with Gasteiger partial charge in [-0.2, -0.15) is 0 Å². The van der Waals surface area contributed by atoms with Crippen molar-refractivity contribution in [2.45, 2.75) is 72.1 Å². The van der Waals surface area contributed by atoms with Crippen LogP contribution in [0.25, 0.3) is 0 Å². The largest absolute Gasteiger partial charge is 0.355 e. The van der Waals surface area contributed by atoms with Crippen molar-refractivity contribution < 1.29 is 9.59 Å². The Morgan fingerprint density at radius 3 is 1.81 bits per heavy atom. The van der Waals surface area contributed by atoms with Crippen LogP contribution in [0.4, 0.5) is 0 Å². The van der Waals surface area contributed by atoms with E-state index in [2.05, 4.69) is 114 Å². The Morgan fingerprint density at radius 2 is 1.31 bits per heavy atom. The molecule has 1 heterocycles. The number of rotatable bonds is 23. The van der Waals surface area contributed by atoms with Gasteiger partial charge in [-0.1, -0.05) is 93.7 Å². The van der Waals surface area contributed by atoms with Gasteiger partial charge in [0.25, 0.3) is 5.91 Å². The molecule has 0 spiro atoms. The van der Waals surface area contributed by atoms with Gasteiger partial charge in [0.05, 0.1) is 5.56 Å². The molecule has 1 aromatic rings. The molecule has 0 aliphatic rings. The maximum Gasteiger partial charge on any atom is 0.252 e. The topological polar surface area (TPSA) is 74.3 Å². The van der Waals surface area contributed by atoms with Crippen LogP contribution in [0, 0.1) is 5.92 Å². The van der Waals surface area contributed by atoms with E-state index in [1.807, 2.05) is 0 Å². The molecule has 0 aromatic carbocycles. The lowest BCUT2D eigenvalue weighted by molar-refractivity contribution is -0.121. The number of hydrogen-bond acceptors (Lipinski definition) is 4. The quantitative estimate of drug-likeness (QED) is 0.134. The molecule has 0 atom stereocenters. The molecule has 0 fully saturated rings. The highest BCUT2D eigenvalue weighted by atomic mass is 16.2. The number of nitrogens with zero attached hydrogens (tertiary/aromatic N) is 2. The lowest BCUT2D eigenvalue weighted by Crippen LogP contribution is -2.41. The molecule has 0 aliphatic carbocycles. The van der Waals surface area contributed by atoms with Crippen molar-refractivity contribution in [2.75, 3.05) is 32.7 Å². The van der Waals surface area contributed by atoms with Crippen LogP contribution in [0.5, 0.6) is 0 Å². The molecule has 230 valence electrons. The molecule has 0 saturated heterocycles. The number of allylic oxidation sites excluding steroid dienone is 12. The van der Waals surface area contributed by atoms with Crippen LogP contribution in [-0.2, 0) is 4.79 Å². The molecule has 0 saturated carbocycles. The van der Waals surface area contributed by atoms with Gasteiger partial charge in [-0.05, 0) is 63.0 Å². The van der Waals surface area contributed by atoms with E-state index in [0.717, 1.165) is 64.6 Å². The second kappa shape index (κ2) is 26.4. The van der Waals surface area contributed by atoms with Gasteiger partial charge < -0.3 is 10.6 Å². The predicted octanol–water partition coefficient (Wildman–Crippen LogP) is 7.36. The molecule has 2 N–H and O–H groups in total. The van der Waals surface area contributed by atoms with Gasteiger partial charge in [-0.25, -0.2) is 0 Å². The average Bonchev–Trinajstić information content (AvgIpc) is 2.98. The number of nitrogens with one attached hydrogen (secondary N) is 2. The molecule has 0 radical (unpaired) electrons. The summed E-state index contributed by atoms with van der Waals surface area (Å²) in [6, 6.07) is 3.51. The monoisotopic (exact) mass is 574 g/mol. The normalized spacial score (nSPS) is 12.5. The number of carbonyl (C=O) groups is 2. The predicted molar refractivity (Wildman–Crippen MR) is 178 cm³/mol. The first kappa shape index (κ1) is 36.5. The number of pyridine rings is 1. The Labute approximate surface area is 255 Å². The fourth-order valence-corrected chi connectivity index (χ4v) is 4.03. The molecular weight excluding hydrogens is 520 g/mol. The van der Waals surface area contributed by atoms with Crippen molar-refractivity contribution in [3.63, 3.8) is 0 Å². The third kappa shape index (κ3) is 22.2. The van der Waals surface area contributed by atoms with E-state index in [9.17, 15) is 9.59 Å². The van der Waals surface area contributed by atoms with E-state index < -0.39 is 0 Å². The van der Waals surface area contributed by atoms with Crippen LogP contribution < -0.4 is 10.6 Å². The number of carbonyl (C=O) groups excluding carboxylic acids is 2. The summed E-state index contributed by atoms with van der Waals surface area (Å²) in [6.07, 6.45) is 36.6. The minimum absolute atomic E-state index is 0.0731. The van der Waals surface area contributed by atoms with Gasteiger partial charge in [0.15, 0.2) is 0 Å². The highest BCUT2D eigenvalue weighted by Crippen LogP contribution is 2.00. The summed E-state index contributed by atoms with van der Waals surface area (Å²) in [5, 5.41) is 5.98. The van der Waals surface area contributed by atoms with Crippen LogP contribution in [0.1, 0.15) is 82.5 Å². The van der Waals surface area contributed by atoms with Crippen molar-refractivity contribution >= 4 is 11.8 Å². The molecule has 2 amide bonds. The minimum Gasteiger partial charge on any atom is -0.355 e. The summed E-state index contributed by atoms with van der Waals surface area (Å²) < 4.78 is 0. The second-order valence-corrected chi connectivity index (χ2v) is 10.5. The van der Waals surface area contributed by atoms with Crippen molar-refractivity contribution in [1.82, 2.24) is 20.5 Å². The molecule has 1 aromatic heterocycles. The Balaban J connectivity index is 2.10. The maximum absolute atomic E-state index is 12.2. The average molecular weight is 575 g/mol. The molecule has 0 bridgehead atoms. The standard InChI is InChI=1S/C36H54N4O2/c1-4-5-6-7-8-9-10-11-12-13-14-15-16-17-18-19-20-21-22-25-35(41)38-27-29-40(32-33(2)3)30-28-39-36(42)34-24-23-26-37-31-34/h5-6,8-9,11-12,14-15,17-18,20-21,23-24,26,31,33H,4,7,10,13,16,19,22,25,27-30,32H2,1-3H3,(H,38,41)(H,39,42)/b6-5-,9-8-,12-11-,15-14-,18-17-,21-20-. The Morgan fingerprint density at radius 1 is 0.786 bits per heavy atom. The van der Waals surface area contributed by atoms with Crippen LogP contribution in [-0.4, -0.2) is 54.4 Å². The van der Waals surface area contributed by atoms with Crippen LogP contribution in [0.3, 0.4) is 0 Å². The van der Waals surface area contributed by atoms with Gasteiger partial charge in [-0.15, -0.1) is 0 Å². The van der Waals surface area contributed by atoms with E-state index in [-0.39, 0.29) is 11.8 Å². The van der Waals surface area contributed by atoms with E-state index in [4.69, 9.17) is 0 Å². The summed E-state index contributed by atoms with van der Waals surface area (Å²) in [4.78, 5) is 30.7. The number of hydrogen-bond donors (Lipinski definition) is 2. The van der Waals surface area contributed by atoms with Crippen LogP contribution in [0.2, 0.25) is 0 Å². The van der Waals surface area contributed by atoms with Crippen molar-refractivity contribution in [3.05, 3.63) is 103 Å². The fraction of sp³-hybridized carbons (Fsp3) is 0.472. The van der Waals surface area contributed by atoms with E-state index >= 15 is 0 Å². The summed E-state index contributed by atoms with van der Waals surface area (Å²) >= 11 is 0. The van der Waals surface area contributed by atoms with Crippen molar-refractivity contribution in [3.8, 4) is 0 Å². The third-order valence-electron chi connectivity index (χ3n) is 6.15. The van der Waals surface area contributed by atoms with E-state index in [1.165, 1.54) is 0 Å². The first-order valence-corrected chi connectivity index (χ1v) is 15.6. The Bertz CT molecular complexity index is 1010. The lowest BCUT2D eigenvalue weighted by Gasteiger charge is -2.24. The highest BCUT2D eigenvalue weighted by molar-refractivity contribution is 5.93. The molecule has 1 rings (SSSR count). The first-order valence-electron chi connectivity index (χ1n) is 15.6. The third-order valence-corrected chi connectivity index (χ3v) is 6.15. The van der Waals surface area contributed by atoms with Gasteiger partial charge in [-0.3, -0.25) is 19.5 Å². The molecule has 0 unspecified atom stereocenters. The molecule has 42 heavy (non-hydrogen) atoms. The number of aromatic nitrogens is 1. The van der Waals surface area contributed by atoms with Crippen molar-refractivity contribution in [2.24, 2.45) is 5.92 Å². The van der Waals surface area contributed by atoms with Gasteiger partial charge in [0, 0.05) is 51.5 Å². The summed E-state index contributed by atoms with van der Waals surface area (Å²) in [7, 11) is 0. The van der Waals surface area contributed by atoms with Gasteiger partial charge >= 0.3 is 0 Å². The Kier molecular flexibility index (Phi) is 22.9. The van der Waals surface area contributed by atoms with Crippen LogP contribution in [0.15, 0.2) is 97.4 Å². The molecule has 6 nitrogen and oxygen atoms in total. The Hall–Kier alpha value is -3.51. The molecular formula is C36H54N4O2. The SMILES string of the molecule is CC/C=C\C/C=C\C/C=C\C/C=C\C/C=C\C/C=C\CCC(=O)NCCN(CCNC(=O)c1cccnc1)CC(C)C. The van der Waals surface area contributed by atoms with E-state index in [1.54, 1.807) is 24.5 Å². The van der Waals surface area contributed by atoms with Gasteiger partial charge in [0.1, 0.15) is 0 Å². The second-order valence-electron chi connectivity index (χ2n) is 10.5. The number of amides is 2. The summed E-state index contributed by atoms with van der Waals surface area (Å²) in [5.41, 5.74) is 0.562. The molecule has 0 aliphatic heterocycles. The maximum atomic E-state index is 12.2. The first-order chi connectivity index (χ1) is 20.5. The smallest absolute Gasteiger partial charge is 0.252 e.